The number of rotatable bonds is 8. The monoisotopic (exact) mass is 422 g/mol. The highest BCUT2D eigenvalue weighted by Gasteiger charge is 2.13. The van der Waals surface area contributed by atoms with Gasteiger partial charge in [-0.05, 0) is 61.7 Å². The van der Waals surface area contributed by atoms with Crippen LogP contribution in [-0.4, -0.2) is 24.4 Å². The first kappa shape index (κ1) is 19.8. The number of hydrogen-bond donors (Lipinski definition) is 0. The fraction of sp³-hybridized carbons (Fsp3) is 0.217. The smallest absolute Gasteiger partial charge is 0.110 e. The third-order valence-electron chi connectivity index (χ3n) is 4.89. The van der Waals surface area contributed by atoms with Crippen LogP contribution in [0.25, 0.3) is 5.69 Å². The molecule has 148 valence electrons. The van der Waals surface area contributed by atoms with E-state index < -0.39 is 0 Å². The topological polar surface area (TPSA) is 35.6 Å². The van der Waals surface area contributed by atoms with Crippen LogP contribution in [0, 0.1) is 6.92 Å². The fourth-order valence-electron chi connectivity index (χ4n) is 3.32. The molecule has 0 aliphatic heterocycles. The summed E-state index contributed by atoms with van der Waals surface area (Å²) in [5.74, 6) is 0.992. The molecular formula is C23H23ClN4S. The van der Waals surface area contributed by atoms with E-state index in [1.54, 1.807) is 0 Å². The summed E-state index contributed by atoms with van der Waals surface area (Å²) in [6, 6.07) is 16.9. The van der Waals surface area contributed by atoms with Gasteiger partial charge < -0.3 is 9.13 Å². The summed E-state index contributed by atoms with van der Waals surface area (Å²) in [6.45, 7) is 2.95. The lowest BCUT2D eigenvalue weighted by Crippen LogP contribution is -2.13. The maximum absolute atomic E-state index is 6.02. The van der Waals surface area contributed by atoms with E-state index in [1.807, 2.05) is 61.9 Å². The number of aryl methyl sites for hydroxylation is 2. The molecule has 4 rings (SSSR count). The Balaban J connectivity index is 1.45. The largest absolute Gasteiger partial charge is 0.336 e. The Kier molecular flexibility index (Phi) is 6.37. The molecular weight excluding hydrogens is 400 g/mol. The van der Waals surface area contributed by atoms with Gasteiger partial charge >= 0.3 is 0 Å². The molecule has 2 heterocycles. The van der Waals surface area contributed by atoms with Crippen molar-refractivity contribution < 1.29 is 0 Å². The summed E-state index contributed by atoms with van der Waals surface area (Å²) in [6.07, 6.45) is 11.7. The Morgan fingerprint density at radius 1 is 1.00 bits per heavy atom. The quantitative estimate of drug-likeness (QED) is 0.335. The van der Waals surface area contributed by atoms with Gasteiger partial charge in [-0.1, -0.05) is 23.7 Å². The summed E-state index contributed by atoms with van der Waals surface area (Å²) in [5, 5.41) is 1.23. The Labute approximate surface area is 180 Å². The van der Waals surface area contributed by atoms with Crippen molar-refractivity contribution >= 4 is 23.4 Å². The van der Waals surface area contributed by atoms with Crippen molar-refractivity contribution in [1.82, 2.24) is 19.1 Å². The Hall–Kier alpha value is -2.50. The molecule has 0 spiro atoms. The number of benzene rings is 2. The second kappa shape index (κ2) is 9.33. The van der Waals surface area contributed by atoms with Crippen molar-refractivity contribution in [2.24, 2.45) is 0 Å². The predicted octanol–water partition coefficient (Wildman–Crippen LogP) is 5.82. The number of thioether (sulfide) groups is 1. The van der Waals surface area contributed by atoms with Crippen molar-refractivity contribution in [3.63, 3.8) is 0 Å². The van der Waals surface area contributed by atoms with Crippen molar-refractivity contribution in [2.45, 2.75) is 36.5 Å². The average Bonchev–Trinajstić information content (AvgIpc) is 3.40. The van der Waals surface area contributed by atoms with Gasteiger partial charge in [0.05, 0.1) is 6.33 Å². The molecule has 0 saturated heterocycles. The Morgan fingerprint density at radius 3 is 2.45 bits per heavy atom. The van der Waals surface area contributed by atoms with Crippen LogP contribution in [0.4, 0.5) is 0 Å². The minimum absolute atomic E-state index is 0.445. The maximum Gasteiger partial charge on any atom is 0.110 e. The Bertz CT molecular complexity index is 1020. The summed E-state index contributed by atoms with van der Waals surface area (Å²) in [5.41, 5.74) is 2.45. The third kappa shape index (κ3) is 5.31. The zero-order chi connectivity index (χ0) is 20.1. The van der Waals surface area contributed by atoms with E-state index in [-0.39, 0.29) is 0 Å². The highest BCUT2D eigenvalue weighted by atomic mass is 35.5. The van der Waals surface area contributed by atoms with Gasteiger partial charge in [-0.25, -0.2) is 9.97 Å². The van der Waals surface area contributed by atoms with E-state index >= 15 is 0 Å². The zero-order valence-electron chi connectivity index (χ0n) is 16.3. The molecule has 0 N–H and O–H groups in total. The van der Waals surface area contributed by atoms with Gasteiger partial charge in [0, 0.05) is 52.2 Å². The molecule has 2 aromatic heterocycles. The number of aromatic nitrogens is 4. The van der Waals surface area contributed by atoms with Crippen LogP contribution in [0.2, 0.25) is 5.02 Å². The normalized spacial score (nSPS) is 12.2. The second-order valence-electron chi connectivity index (χ2n) is 7.00. The van der Waals surface area contributed by atoms with Gasteiger partial charge in [-0.2, -0.15) is 0 Å². The number of hydrogen-bond acceptors (Lipinski definition) is 3. The van der Waals surface area contributed by atoms with E-state index in [0.717, 1.165) is 35.9 Å². The average molecular weight is 423 g/mol. The minimum Gasteiger partial charge on any atom is -0.336 e. The SMILES string of the molecule is Cc1nccn1-c1ccc(SC(CCc2ccc(Cl)cc2)Cn2ccnc2)cc1. The van der Waals surface area contributed by atoms with E-state index in [0.29, 0.717) is 5.25 Å². The lowest BCUT2D eigenvalue weighted by molar-refractivity contribution is 0.624. The van der Waals surface area contributed by atoms with Crippen LogP contribution in [-0.2, 0) is 13.0 Å². The van der Waals surface area contributed by atoms with Crippen LogP contribution >= 0.6 is 23.4 Å². The van der Waals surface area contributed by atoms with Crippen LogP contribution in [0.5, 0.6) is 0 Å². The van der Waals surface area contributed by atoms with Gasteiger partial charge in [-0.15, -0.1) is 11.8 Å². The number of imidazole rings is 2. The summed E-state index contributed by atoms with van der Waals surface area (Å²) in [7, 11) is 0. The highest BCUT2D eigenvalue weighted by molar-refractivity contribution is 8.00. The third-order valence-corrected chi connectivity index (χ3v) is 6.40. The molecule has 0 aliphatic rings. The lowest BCUT2D eigenvalue weighted by atomic mass is 10.1. The summed E-state index contributed by atoms with van der Waals surface area (Å²) < 4.78 is 4.25. The van der Waals surface area contributed by atoms with Crippen LogP contribution in [0.3, 0.4) is 0 Å². The summed E-state index contributed by atoms with van der Waals surface area (Å²) >= 11 is 7.94. The number of halogens is 1. The van der Waals surface area contributed by atoms with Crippen molar-refractivity contribution in [3.05, 3.63) is 96.1 Å². The van der Waals surface area contributed by atoms with Crippen molar-refractivity contribution in [1.29, 1.82) is 0 Å². The van der Waals surface area contributed by atoms with Gasteiger partial charge in [-0.3, -0.25) is 0 Å². The van der Waals surface area contributed by atoms with E-state index in [1.165, 1.54) is 10.5 Å². The molecule has 0 amide bonds. The molecule has 6 heteroatoms. The van der Waals surface area contributed by atoms with Gasteiger partial charge in [0.25, 0.3) is 0 Å². The zero-order valence-corrected chi connectivity index (χ0v) is 17.9. The maximum atomic E-state index is 6.02. The predicted molar refractivity (Wildman–Crippen MR) is 120 cm³/mol. The number of nitrogens with zero attached hydrogens (tertiary/aromatic N) is 4. The van der Waals surface area contributed by atoms with Crippen molar-refractivity contribution in [2.75, 3.05) is 0 Å². The van der Waals surface area contributed by atoms with Crippen molar-refractivity contribution in [3.8, 4) is 5.69 Å². The molecule has 1 unspecified atom stereocenters. The van der Waals surface area contributed by atoms with E-state index in [9.17, 15) is 0 Å². The second-order valence-corrected chi connectivity index (χ2v) is 8.81. The minimum atomic E-state index is 0.445. The van der Waals surface area contributed by atoms with Crippen LogP contribution in [0.1, 0.15) is 17.8 Å². The summed E-state index contributed by atoms with van der Waals surface area (Å²) in [4.78, 5) is 9.76. The molecule has 29 heavy (non-hydrogen) atoms. The fourth-order valence-corrected chi connectivity index (χ4v) is 4.61. The Morgan fingerprint density at radius 2 is 1.79 bits per heavy atom. The molecule has 0 aliphatic carbocycles. The first-order valence-corrected chi connectivity index (χ1v) is 10.9. The molecule has 0 saturated carbocycles. The molecule has 2 aromatic carbocycles. The lowest BCUT2D eigenvalue weighted by Gasteiger charge is -2.18. The molecule has 0 fully saturated rings. The van der Waals surface area contributed by atoms with Crippen LogP contribution < -0.4 is 0 Å². The first-order valence-electron chi connectivity index (χ1n) is 9.64. The first-order chi connectivity index (χ1) is 14.2. The van der Waals surface area contributed by atoms with Gasteiger partial charge in [0.1, 0.15) is 5.82 Å². The molecule has 0 radical (unpaired) electrons. The van der Waals surface area contributed by atoms with Crippen LogP contribution in [0.15, 0.2) is 84.5 Å². The molecule has 1 atom stereocenters. The van der Waals surface area contributed by atoms with E-state index in [2.05, 4.69) is 55.5 Å². The highest BCUT2D eigenvalue weighted by Crippen LogP contribution is 2.29. The molecule has 4 aromatic rings. The van der Waals surface area contributed by atoms with Gasteiger partial charge in [0.15, 0.2) is 0 Å². The van der Waals surface area contributed by atoms with Gasteiger partial charge in [0.2, 0.25) is 0 Å². The standard InChI is InChI=1S/C23H23ClN4S/c1-18-26-13-15-28(18)21-7-10-22(11-8-21)29-23(16-27-14-12-25-17-27)9-4-19-2-5-20(24)6-3-19/h2-3,5-8,10-15,17,23H,4,9,16H2,1H3. The molecule has 0 bridgehead atoms. The van der Waals surface area contributed by atoms with E-state index in [4.69, 9.17) is 11.6 Å². The molecule has 4 nitrogen and oxygen atoms in total.